The number of hydrogen-bond acceptors (Lipinski definition) is 6. The molecule has 1 aromatic heterocycles. The van der Waals surface area contributed by atoms with Crippen molar-refractivity contribution in [3.05, 3.63) is 12.4 Å². The molecular weight excluding hydrogens is 226 g/mol. The van der Waals surface area contributed by atoms with Gasteiger partial charge in [-0.25, -0.2) is 9.97 Å². The number of nitrogens with zero attached hydrogens (tertiary/aromatic N) is 2. The first kappa shape index (κ1) is 12.8. The maximum absolute atomic E-state index is 11.4. The maximum atomic E-state index is 11.4. The summed E-state index contributed by atoms with van der Waals surface area (Å²) in [6, 6.07) is 0. The highest BCUT2D eigenvalue weighted by Crippen LogP contribution is 2.20. The predicted octanol–water partition coefficient (Wildman–Crippen LogP) is 1.49. The molecule has 0 spiro atoms. The number of esters is 1. The molecule has 6 heteroatoms. The number of nitrogen functional groups attached to an aromatic ring is 1. The van der Waals surface area contributed by atoms with Crippen molar-refractivity contribution in [1.82, 2.24) is 9.97 Å². The Morgan fingerprint density at radius 3 is 2.62 bits per heavy atom. The van der Waals surface area contributed by atoms with E-state index in [0.717, 1.165) is 0 Å². The Morgan fingerprint density at radius 2 is 2.06 bits per heavy atom. The first-order valence-corrected chi connectivity index (χ1v) is 5.78. The van der Waals surface area contributed by atoms with Gasteiger partial charge in [0, 0.05) is 12.4 Å². The van der Waals surface area contributed by atoms with E-state index < -0.39 is 5.60 Å². The Kier molecular flexibility index (Phi) is 4.12. The highest BCUT2D eigenvalue weighted by atomic mass is 32.2. The highest BCUT2D eigenvalue weighted by molar-refractivity contribution is 8.00. The molecule has 0 aliphatic heterocycles. The zero-order valence-corrected chi connectivity index (χ0v) is 10.4. The van der Waals surface area contributed by atoms with Crippen molar-refractivity contribution in [3.63, 3.8) is 0 Å². The minimum absolute atomic E-state index is 0.181. The minimum Gasteiger partial charge on any atom is -0.459 e. The Balaban J connectivity index is 2.47. The van der Waals surface area contributed by atoms with Gasteiger partial charge in [0.05, 0.1) is 5.75 Å². The summed E-state index contributed by atoms with van der Waals surface area (Å²) in [6.45, 7) is 5.48. The van der Waals surface area contributed by atoms with Crippen LogP contribution < -0.4 is 5.73 Å². The molecule has 0 amide bonds. The van der Waals surface area contributed by atoms with E-state index in [4.69, 9.17) is 10.5 Å². The lowest BCUT2D eigenvalue weighted by atomic mass is 10.2. The molecule has 0 aliphatic carbocycles. The Bertz CT molecular complexity index is 377. The van der Waals surface area contributed by atoms with Gasteiger partial charge < -0.3 is 10.5 Å². The summed E-state index contributed by atoms with van der Waals surface area (Å²) >= 11 is 1.22. The number of nitrogens with two attached hydrogens (primary N) is 1. The van der Waals surface area contributed by atoms with E-state index in [-0.39, 0.29) is 11.7 Å². The zero-order valence-electron chi connectivity index (χ0n) is 9.56. The average Bonchev–Trinajstić information content (AvgIpc) is 2.14. The molecule has 0 bridgehead atoms. The van der Waals surface area contributed by atoms with Crippen LogP contribution in [0.1, 0.15) is 20.8 Å². The summed E-state index contributed by atoms with van der Waals surface area (Å²) in [4.78, 5) is 19.3. The van der Waals surface area contributed by atoms with Gasteiger partial charge in [0.2, 0.25) is 0 Å². The van der Waals surface area contributed by atoms with Gasteiger partial charge in [-0.15, -0.1) is 0 Å². The van der Waals surface area contributed by atoms with Gasteiger partial charge in [0.15, 0.2) is 5.82 Å². The second-order valence-corrected chi connectivity index (χ2v) is 5.09. The van der Waals surface area contributed by atoms with Crippen LogP contribution in [0.15, 0.2) is 17.4 Å². The molecule has 0 aliphatic rings. The molecule has 0 atom stereocenters. The van der Waals surface area contributed by atoms with Crippen LogP contribution in [-0.4, -0.2) is 27.3 Å². The SMILES string of the molecule is CC(C)(C)OC(=O)CSc1nccnc1N. The first-order valence-electron chi connectivity index (χ1n) is 4.79. The number of rotatable bonds is 3. The molecule has 2 N–H and O–H groups in total. The topological polar surface area (TPSA) is 78.1 Å². The van der Waals surface area contributed by atoms with Crippen LogP contribution in [-0.2, 0) is 9.53 Å². The fraction of sp³-hybridized carbons (Fsp3) is 0.500. The van der Waals surface area contributed by atoms with Crippen molar-refractivity contribution in [2.75, 3.05) is 11.5 Å². The molecule has 1 rings (SSSR count). The summed E-state index contributed by atoms with van der Waals surface area (Å²) in [6.07, 6.45) is 3.04. The molecular formula is C10H15N3O2S. The van der Waals surface area contributed by atoms with E-state index in [0.29, 0.717) is 10.8 Å². The van der Waals surface area contributed by atoms with Gasteiger partial charge in [0.25, 0.3) is 0 Å². The van der Waals surface area contributed by atoms with Crippen LogP contribution in [0, 0.1) is 0 Å². The Morgan fingerprint density at radius 1 is 1.44 bits per heavy atom. The summed E-state index contributed by atoms with van der Waals surface area (Å²) in [5.74, 6) is 0.221. The molecule has 0 aromatic carbocycles. The van der Waals surface area contributed by atoms with Crippen LogP contribution >= 0.6 is 11.8 Å². The number of ether oxygens (including phenoxy) is 1. The number of carbonyl (C=O) groups excluding carboxylic acids is 1. The van der Waals surface area contributed by atoms with Gasteiger partial charge in [-0.2, -0.15) is 0 Å². The maximum Gasteiger partial charge on any atom is 0.316 e. The highest BCUT2D eigenvalue weighted by Gasteiger charge is 2.16. The van der Waals surface area contributed by atoms with Gasteiger partial charge in [-0.1, -0.05) is 11.8 Å². The summed E-state index contributed by atoms with van der Waals surface area (Å²) in [5.41, 5.74) is 5.12. The molecule has 0 saturated heterocycles. The summed E-state index contributed by atoms with van der Waals surface area (Å²) in [5, 5.41) is 0.549. The molecule has 0 radical (unpaired) electrons. The van der Waals surface area contributed by atoms with Crippen LogP contribution in [0.25, 0.3) is 0 Å². The fourth-order valence-corrected chi connectivity index (χ4v) is 1.59. The van der Waals surface area contributed by atoms with E-state index in [1.165, 1.54) is 24.2 Å². The minimum atomic E-state index is -0.467. The summed E-state index contributed by atoms with van der Waals surface area (Å²) < 4.78 is 5.15. The van der Waals surface area contributed by atoms with Crippen molar-refractivity contribution in [2.24, 2.45) is 0 Å². The quantitative estimate of drug-likeness (QED) is 0.638. The van der Waals surface area contributed by atoms with Gasteiger partial charge in [-0.3, -0.25) is 4.79 Å². The van der Waals surface area contributed by atoms with Crippen LogP contribution in [0.5, 0.6) is 0 Å². The third-order valence-corrected chi connectivity index (χ3v) is 2.41. The van der Waals surface area contributed by atoms with Crippen molar-refractivity contribution in [3.8, 4) is 0 Å². The van der Waals surface area contributed by atoms with E-state index in [1.54, 1.807) is 0 Å². The summed E-state index contributed by atoms with van der Waals surface area (Å²) in [7, 11) is 0. The Labute approximate surface area is 98.8 Å². The lowest BCUT2D eigenvalue weighted by molar-refractivity contribution is -0.151. The van der Waals surface area contributed by atoms with Crippen molar-refractivity contribution < 1.29 is 9.53 Å². The molecule has 1 aromatic rings. The number of hydrogen-bond donors (Lipinski definition) is 1. The van der Waals surface area contributed by atoms with Gasteiger partial charge in [0.1, 0.15) is 10.6 Å². The third-order valence-electron chi connectivity index (χ3n) is 1.44. The van der Waals surface area contributed by atoms with E-state index in [9.17, 15) is 4.79 Å². The second-order valence-electron chi connectivity index (χ2n) is 4.12. The van der Waals surface area contributed by atoms with Crippen molar-refractivity contribution in [2.45, 2.75) is 31.4 Å². The number of carbonyl (C=O) groups is 1. The van der Waals surface area contributed by atoms with Crippen LogP contribution in [0.3, 0.4) is 0 Å². The predicted molar refractivity (Wildman–Crippen MR) is 63.0 cm³/mol. The van der Waals surface area contributed by atoms with E-state index in [2.05, 4.69) is 9.97 Å². The lowest BCUT2D eigenvalue weighted by Crippen LogP contribution is -2.24. The standard InChI is InChI=1S/C10H15N3O2S/c1-10(2,3)15-7(14)6-16-9-8(11)12-4-5-13-9/h4-5H,6H2,1-3H3,(H2,11,12). The van der Waals surface area contributed by atoms with E-state index in [1.807, 2.05) is 20.8 Å². The molecule has 5 nitrogen and oxygen atoms in total. The molecule has 0 fully saturated rings. The molecule has 0 saturated carbocycles. The lowest BCUT2D eigenvalue weighted by Gasteiger charge is -2.19. The molecule has 0 unspecified atom stereocenters. The molecule has 1 heterocycles. The Hall–Kier alpha value is -1.30. The van der Waals surface area contributed by atoms with Crippen molar-refractivity contribution in [1.29, 1.82) is 0 Å². The fourth-order valence-electron chi connectivity index (χ4n) is 0.945. The van der Waals surface area contributed by atoms with Crippen molar-refractivity contribution >= 4 is 23.5 Å². The van der Waals surface area contributed by atoms with Crippen LogP contribution in [0.2, 0.25) is 0 Å². The number of thioether (sulfide) groups is 1. The van der Waals surface area contributed by atoms with E-state index >= 15 is 0 Å². The monoisotopic (exact) mass is 241 g/mol. The largest absolute Gasteiger partial charge is 0.459 e. The molecule has 16 heavy (non-hydrogen) atoms. The second kappa shape index (κ2) is 5.16. The number of aromatic nitrogens is 2. The normalized spacial score (nSPS) is 11.2. The first-order chi connectivity index (χ1) is 7.38. The van der Waals surface area contributed by atoms with Gasteiger partial charge >= 0.3 is 5.97 Å². The smallest absolute Gasteiger partial charge is 0.316 e. The average molecular weight is 241 g/mol. The molecule has 88 valence electrons. The van der Waals surface area contributed by atoms with Gasteiger partial charge in [-0.05, 0) is 20.8 Å². The third kappa shape index (κ3) is 4.48. The number of anilines is 1. The van der Waals surface area contributed by atoms with Crippen LogP contribution in [0.4, 0.5) is 5.82 Å². The zero-order chi connectivity index (χ0) is 12.2.